The summed E-state index contributed by atoms with van der Waals surface area (Å²) in [6.07, 6.45) is 0. The number of aromatic nitrogens is 6. The Kier molecular flexibility index (Phi) is 5.50. The quantitative estimate of drug-likeness (QED) is 0.296. The van der Waals surface area contributed by atoms with Crippen LogP contribution in [0.2, 0.25) is 0 Å². The van der Waals surface area contributed by atoms with Gasteiger partial charge in [-0.1, -0.05) is 19.0 Å². The number of benzene rings is 1. The van der Waals surface area contributed by atoms with Crippen molar-refractivity contribution in [3.63, 3.8) is 0 Å². The van der Waals surface area contributed by atoms with Gasteiger partial charge < -0.3 is 19.6 Å². The van der Waals surface area contributed by atoms with E-state index >= 15 is 0 Å². The third-order valence-electron chi connectivity index (χ3n) is 6.20. The summed E-state index contributed by atoms with van der Waals surface area (Å²) in [4.78, 5) is 13.3. The summed E-state index contributed by atoms with van der Waals surface area (Å²) in [5, 5.41) is 14.2. The summed E-state index contributed by atoms with van der Waals surface area (Å²) >= 11 is 0. The summed E-state index contributed by atoms with van der Waals surface area (Å²) in [6.45, 7) is 14.2. The van der Waals surface area contributed by atoms with E-state index in [-0.39, 0.29) is 12.0 Å². The smallest absolute Gasteiger partial charge is 0.145 e. The van der Waals surface area contributed by atoms with Crippen molar-refractivity contribution >= 4 is 33.6 Å². The minimum Gasteiger partial charge on any atom is -0.496 e. The molecule has 0 saturated heterocycles. The number of aromatic amines is 1. The van der Waals surface area contributed by atoms with Gasteiger partial charge in [0.05, 0.1) is 29.4 Å². The van der Waals surface area contributed by atoms with E-state index in [9.17, 15) is 0 Å². The standard InChI is InChI=1S/C26H31N7O2/c1-12(2)24-29-25-23(26(30-24)28-21-9-14(5)31-33(21)13(3)4)17-11-20(34-8)18(10-19(17)27-25)22-15(6)32-35-16(22)7/h9-13H,1-8H3,(H2,27,28,29,30). The van der Waals surface area contributed by atoms with E-state index in [1.807, 2.05) is 37.6 Å². The molecule has 5 aromatic rings. The summed E-state index contributed by atoms with van der Waals surface area (Å²) in [7, 11) is 1.67. The second-order valence-electron chi connectivity index (χ2n) is 9.57. The first-order valence-electron chi connectivity index (χ1n) is 11.9. The molecule has 0 aliphatic carbocycles. The van der Waals surface area contributed by atoms with Gasteiger partial charge in [0.1, 0.15) is 34.6 Å². The molecule has 0 unspecified atom stereocenters. The number of nitrogens with zero attached hydrogens (tertiary/aromatic N) is 5. The maximum absolute atomic E-state index is 5.82. The van der Waals surface area contributed by atoms with Crippen molar-refractivity contribution in [2.75, 3.05) is 12.4 Å². The minimum absolute atomic E-state index is 0.163. The highest BCUT2D eigenvalue weighted by molar-refractivity contribution is 6.13. The topological polar surface area (TPSA) is 107 Å². The van der Waals surface area contributed by atoms with Crippen molar-refractivity contribution in [1.82, 2.24) is 29.9 Å². The zero-order valence-electron chi connectivity index (χ0n) is 21.4. The first kappa shape index (κ1) is 22.9. The van der Waals surface area contributed by atoms with Crippen LogP contribution in [0.4, 0.5) is 11.6 Å². The van der Waals surface area contributed by atoms with Gasteiger partial charge in [-0.2, -0.15) is 5.10 Å². The van der Waals surface area contributed by atoms with Crippen LogP contribution in [0.1, 0.15) is 62.6 Å². The molecule has 2 N–H and O–H groups in total. The molecule has 9 heteroatoms. The van der Waals surface area contributed by atoms with E-state index in [2.05, 4.69) is 54.3 Å². The van der Waals surface area contributed by atoms with Gasteiger partial charge >= 0.3 is 0 Å². The number of aryl methyl sites for hydroxylation is 3. The van der Waals surface area contributed by atoms with Gasteiger partial charge in [-0.15, -0.1) is 0 Å². The van der Waals surface area contributed by atoms with Crippen LogP contribution < -0.4 is 10.1 Å². The number of nitrogens with one attached hydrogen (secondary N) is 2. The molecule has 9 nitrogen and oxygen atoms in total. The number of hydrogen-bond donors (Lipinski definition) is 2. The van der Waals surface area contributed by atoms with E-state index in [1.54, 1.807) is 7.11 Å². The number of ether oxygens (including phenoxy) is 1. The monoisotopic (exact) mass is 473 g/mol. The van der Waals surface area contributed by atoms with Crippen LogP contribution in [0, 0.1) is 20.8 Å². The summed E-state index contributed by atoms with van der Waals surface area (Å²) < 4.78 is 13.2. The highest BCUT2D eigenvalue weighted by atomic mass is 16.5. The van der Waals surface area contributed by atoms with Gasteiger partial charge in [0.2, 0.25) is 0 Å². The summed E-state index contributed by atoms with van der Waals surface area (Å²) in [5.74, 6) is 4.03. The molecule has 0 fully saturated rings. The van der Waals surface area contributed by atoms with Crippen LogP contribution in [0.3, 0.4) is 0 Å². The zero-order valence-corrected chi connectivity index (χ0v) is 21.4. The van der Waals surface area contributed by atoms with Crippen LogP contribution in [0.5, 0.6) is 5.75 Å². The van der Waals surface area contributed by atoms with E-state index < -0.39 is 0 Å². The number of H-pyrrole nitrogens is 1. The fourth-order valence-electron chi connectivity index (χ4n) is 4.55. The largest absolute Gasteiger partial charge is 0.496 e. The molecular formula is C26H31N7O2. The van der Waals surface area contributed by atoms with E-state index in [0.29, 0.717) is 0 Å². The molecular weight excluding hydrogens is 442 g/mol. The highest BCUT2D eigenvalue weighted by Crippen LogP contribution is 2.41. The Morgan fingerprint density at radius 3 is 2.46 bits per heavy atom. The first-order valence-corrected chi connectivity index (χ1v) is 11.9. The van der Waals surface area contributed by atoms with Gasteiger partial charge in [-0.3, -0.25) is 0 Å². The fraction of sp³-hybridized carbons (Fsp3) is 0.385. The second kappa shape index (κ2) is 8.41. The van der Waals surface area contributed by atoms with E-state index in [0.717, 1.165) is 73.4 Å². The van der Waals surface area contributed by atoms with Gasteiger partial charge in [0, 0.05) is 34.5 Å². The lowest BCUT2D eigenvalue weighted by molar-refractivity contribution is 0.393. The van der Waals surface area contributed by atoms with Crippen molar-refractivity contribution in [3.8, 4) is 16.9 Å². The molecule has 4 aromatic heterocycles. The summed E-state index contributed by atoms with van der Waals surface area (Å²) in [5.41, 5.74) is 5.32. The Morgan fingerprint density at radius 2 is 1.83 bits per heavy atom. The van der Waals surface area contributed by atoms with E-state index in [4.69, 9.17) is 19.2 Å². The molecule has 0 atom stereocenters. The predicted octanol–water partition coefficient (Wildman–Crippen LogP) is 6.34. The van der Waals surface area contributed by atoms with Gasteiger partial charge in [0.15, 0.2) is 0 Å². The SMILES string of the molecule is COc1cc2c(cc1-c1c(C)noc1C)[nH]c1nc(C(C)C)nc(Nc3cc(C)nn3C(C)C)c12. The number of methoxy groups -OCH3 is 1. The Balaban J connectivity index is 1.78. The molecule has 0 amide bonds. The molecule has 0 bridgehead atoms. The molecule has 0 aliphatic heterocycles. The molecule has 4 heterocycles. The lowest BCUT2D eigenvalue weighted by atomic mass is 10.0. The number of fused-ring (bicyclic) bond motifs is 3. The first-order chi connectivity index (χ1) is 16.7. The number of anilines is 2. The van der Waals surface area contributed by atoms with Gasteiger partial charge in [-0.25, -0.2) is 14.6 Å². The zero-order chi connectivity index (χ0) is 25.0. The van der Waals surface area contributed by atoms with Gasteiger partial charge in [0.25, 0.3) is 0 Å². The Bertz CT molecular complexity index is 1540. The van der Waals surface area contributed by atoms with Crippen LogP contribution in [0.25, 0.3) is 33.1 Å². The predicted molar refractivity (Wildman–Crippen MR) is 138 cm³/mol. The maximum Gasteiger partial charge on any atom is 0.145 e. The molecule has 35 heavy (non-hydrogen) atoms. The second-order valence-corrected chi connectivity index (χ2v) is 9.57. The Morgan fingerprint density at radius 1 is 1.06 bits per heavy atom. The minimum atomic E-state index is 0.163. The molecule has 182 valence electrons. The number of rotatable bonds is 6. The normalized spacial score (nSPS) is 11.9. The van der Waals surface area contributed by atoms with Gasteiger partial charge in [-0.05, 0) is 46.8 Å². The Labute approximate surface area is 203 Å². The fourth-order valence-corrected chi connectivity index (χ4v) is 4.55. The maximum atomic E-state index is 5.82. The molecule has 0 radical (unpaired) electrons. The molecule has 0 aliphatic rings. The average molecular weight is 474 g/mol. The lowest BCUT2D eigenvalue weighted by Crippen LogP contribution is -2.09. The third-order valence-corrected chi connectivity index (χ3v) is 6.20. The molecule has 5 rings (SSSR count). The summed E-state index contributed by atoms with van der Waals surface area (Å²) in [6, 6.07) is 6.34. The molecule has 0 spiro atoms. The van der Waals surface area contributed by atoms with Crippen LogP contribution >= 0.6 is 0 Å². The Hall–Kier alpha value is -3.88. The number of hydrogen-bond acceptors (Lipinski definition) is 7. The molecule has 0 saturated carbocycles. The van der Waals surface area contributed by atoms with Crippen LogP contribution in [-0.4, -0.2) is 37.0 Å². The van der Waals surface area contributed by atoms with Crippen molar-refractivity contribution in [3.05, 3.63) is 41.2 Å². The van der Waals surface area contributed by atoms with E-state index in [1.165, 1.54) is 0 Å². The van der Waals surface area contributed by atoms with Crippen molar-refractivity contribution in [1.29, 1.82) is 0 Å². The lowest BCUT2D eigenvalue weighted by Gasteiger charge is -2.14. The average Bonchev–Trinajstić information content (AvgIpc) is 3.46. The van der Waals surface area contributed by atoms with Crippen molar-refractivity contribution in [2.45, 2.75) is 60.4 Å². The third kappa shape index (κ3) is 3.80. The van der Waals surface area contributed by atoms with Crippen LogP contribution in [0.15, 0.2) is 22.7 Å². The van der Waals surface area contributed by atoms with Crippen molar-refractivity contribution in [2.24, 2.45) is 0 Å². The van der Waals surface area contributed by atoms with Crippen molar-refractivity contribution < 1.29 is 9.26 Å². The molecule has 1 aromatic carbocycles. The highest BCUT2D eigenvalue weighted by Gasteiger charge is 2.22. The van der Waals surface area contributed by atoms with Crippen LogP contribution in [-0.2, 0) is 0 Å².